The highest BCUT2D eigenvalue weighted by Crippen LogP contribution is 2.23. The molecule has 1 aliphatic heterocycles. The van der Waals surface area contributed by atoms with E-state index >= 15 is 0 Å². The molecule has 1 saturated heterocycles. The van der Waals surface area contributed by atoms with Crippen molar-refractivity contribution in [3.63, 3.8) is 0 Å². The lowest BCUT2D eigenvalue weighted by atomic mass is 10.2. The predicted molar refractivity (Wildman–Crippen MR) is 35.7 cm³/mol. The summed E-state index contributed by atoms with van der Waals surface area (Å²) in [5, 5.41) is 8.73. The van der Waals surface area contributed by atoms with E-state index in [9.17, 15) is 0 Å². The van der Waals surface area contributed by atoms with Crippen LogP contribution in [0.25, 0.3) is 0 Å². The molecule has 1 unspecified atom stereocenters. The molecule has 0 amide bonds. The van der Waals surface area contributed by atoms with Crippen LogP contribution >= 0.6 is 11.8 Å². The SMILES string of the molecule is N#CC1CCCCS1. The number of hydrogen-bond acceptors (Lipinski definition) is 2. The Kier molecular flexibility index (Phi) is 2.23. The van der Waals surface area contributed by atoms with Crippen molar-refractivity contribution in [3.8, 4) is 6.07 Å². The predicted octanol–water partition coefficient (Wildman–Crippen LogP) is 1.80. The first-order valence-corrected chi connectivity index (χ1v) is 3.99. The van der Waals surface area contributed by atoms with Crippen molar-refractivity contribution < 1.29 is 0 Å². The Hall–Kier alpha value is -0.160. The molecule has 0 radical (unpaired) electrons. The molecule has 1 rings (SSSR count). The van der Waals surface area contributed by atoms with E-state index in [4.69, 9.17) is 5.26 Å². The quantitative estimate of drug-likeness (QED) is 0.495. The second-order valence-corrected chi connectivity index (χ2v) is 3.29. The lowest BCUT2D eigenvalue weighted by molar-refractivity contribution is 0.724. The van der Waals surface area contributed by atoms with Gasteiger partial charge in [0.1, 0.15) is 0 Å². The average Bonchev–Trinajstić information content (AvgIpc) is 1.90. The van der Waals surface area contributed by atoms with Crippen LogP contribution in [0.2, 0.25) is 0 Å². The third-order valence-electron chi connectivity index (χ3n) is 1.32. The molecule has 0 spiro atoms. The second-order valence-electron chi connectivity index (χ2n) is 1.98. The molecule has 44 valence electrons. The van der Waals surface area contributed by atoms with Gasteiger partial charge in [-0.3, -0.25) is 0 Å². The monoisotopic (exact) mass is 127 g/mol. The number of rotatable bonds is 0. The minimum absolute atomic E-state index is 0.309. The van der Waals surface area contributed by atoms with E-state index in [0.717, 1.165) is 6.42 Å². The largest absolute Gasteiger partial charge is 0.197 e. The van der Waals surface area contributed by atoms with Crippen molar-refractivity contribution in [1.29, 1.82) is 5.26 Å². The maximum atomic E-state index is 8.42. The minimum Gasteiger partial charge on any atom is -0.197 e. The van der Waals surface area contributed by atoms with Gasteiger partial charge in [0.05, 0.1) is 11.3 Å². The summed E-state index contributed by atoms with van der Waals surface area (Å²) in [7, 11) is 0. The summed E-state index contributed by atoms with van der Waals surface area (Å²) in [4.78, 5) is 0. The van der Waals surface area contributed by atoms with E-state index in [-0.39, 0.29) is 0 Å². The van der Waals surface area contributed by atoms with Crippen molar-refractivity contribution in [2.45, 2.75) is 24.5 Å². The Balaban J connectivity index is 2.25. The van der Waals surface area contributed by atoms with Crippen LogP contribution in [0.4, 0.5) is 0 Å². The Morgan fingerprint density at radius 3 is 2.75 bits per heavy atom. The van der Waals surface area contributed by atoms with Crippen molar-refractivity contribution in [2.75, 3.05) is 5.75 Å². The molecule has 1 heterocycles. The number of nitriles is 1. The summed E-state index contributed by atoms with van der Waals surface area (Å²) in [6, 6.07) is 2.27. The molecule has 0 aromatic heterocycles. The molecular formula is C6H9NS. The van der Waals surface area contributed by atoms with Gasteiger partial charge in [0.2, 0.25) is 0 Å². The number of thioether (sulfide) groups is 1. The highest BCUT2D eigenvalue weighted by molar-refractivity contribution is 8.00. The average molecular weight is 127 g/mol. The first-order chi connectivity index (χ1) is 3.93. The summed E-state index contributed by atoms with van der Waals surface area (Å²) in [6.45, 7) is 0. The third-order valence-corrected chi connectivity index (χ3v) is 2.59. The maximum absolute atomic E-state index is 8.42. The number of hydrogen-bond donors (Lipinski definition) is 0. The van der Waals surface area contributed by atoms with E-state index in [1.54, 1.807) is 11.8 Å². The molecule has 8 heavy (non-hydrogen) atoms. The van der Waals surface area contributed by atoms with Crippen molar-refractivity contribution >= 4 is 11.8 Å². The zero-order chi connectivity index (χ0) is 5.82. The molecule has 1 nitrogen and oxygen atoms in total. The van der Waals surface area contributed by atoms with Gasteiger partial charge < -0.3 is 0 Å². The zero-order valence-corrected chi connectivity index (χ0v) is 5.58. The minimum atomic E-state index is 0.309. The number of nitrogens with zero attached hydrogens (tertiary/aromatic N) is 1. The molecule has 2 heteroatoms. The highest BCUT2D eigenvalue weighted by Gasteiger charge is 2.11. The first kappa shape index (κ1) is 5.97. The van der Waals surface area contributed by atoms with Crippen LogP contribution in [-0.2, 0) is 0 Å². The van der Waals surface area contributed by atoms with Crippen LogP contribution in [0, 0.1) is 11.3 Å². The standard InChI is InChI=1S/C6H9NS/c7-5-6-3-1-2-4-8-6/h6H,1-4H2. The highest BCUT2D eigenvalue weighted by atomic mass is 32.2. The Labute approximate surface area is 54.1 Å². The van der Waals surface area contributed by atoms with Gasteiger partial charge in [0.15, 0.2) is 0 Å². The van der Waals surface area contributed by atoms with Gasteiger partial charge in [-0.1, -0.05) is 6.42 Å². The van der Waals surface area contributed by atoms with Gasteiger partial charge in [-0.05, 0) is 18.6 Å². The van der Waals surface area contributed by atoms with Crippen LogP contribution in [-0.4, -0.2) is 11.0 Å². The lowest BCUT2D eigenvalue weighted by Gasteiger charge is -2.12. The first-order valence-electron chi connectivity index (χ1n) is 2.94. The Bertz CT molecular complexity index is 99.6. The molecular weight excluding hydrogens is 118 g/mol. The molecule has 1 fully saturated rings. The summed E-state index contributed by atoms with van der Waals surface area (Å²) in [5.74, 6) is 1.19. The zero-order valence-electron chi connectivity index (χ0n) is 4.76. The van der Waals surface area contributed by atoms with Gasteiger partial charge >= 0.3 is 0 Å². The Morgan fingerprint density at radius 2 is 2.38 bits per heavy atom. The van der Waals surface area contributed by atoms with Crippen LogP contribution in [0.15, 0.2) is 0 Å². The fourth-order valence-corrected chi connectivity index (χ4v) is 1.91. The van der Waals surface area contributed by atoms with E-state index in [1.807, 2.05) is 0 Å². The fraction of sp³-hybridized carbons (Fsp3) is 0.833. The normalized spacial score (nSPS) is 29.1. The van der Waals surface area contributed by atoms with E-state index in [0.29, 0.717) is 5.25 Å². The van der Waals surface area contributed by atoms with Crippen molar-refractivity contribution in [1.82, 2.24) is 0 Å². The van der Waals surface area contributed by atoms with Gasteiger partial charge in [-0.2, -0.15) is 5.26 Å². The van der Waals surface area contributed by atoms with E-state index in [2.05, 4.69) is 6.07 Å². The lowest BCUT2D eigenvalue weighted by Crippen LogP contribution is -2.05. The van der Waals surface area contributed by atoms with Crippen LogP contribution in [0.5, 0.6) is 0 Å². The van der Waals surface area contributed by atoms with Gasteiger partial charge in [-0.25, -0.2) is 0 Å². The van der Waals surface area contributed by atoms with Gasteiger partial charge in [0, 0.05) is 0 Å². The van der Waals surface area contributed by atoms with Crippen LogP contribution in [0.1, 0.15) is 19.3 Å². The second kappa shape index (κ2) is 2.99. The molecule has 0 aromatic carbocycles. The van der Waals surface area contributed by atoms with Crippen LogP contribution in [0.3, 0.4) is 0 Å². The smallest absolute Gasteiger partial charge is 0.0916 e. The topological polar surface area (TPSA) is 23.8 Å². The summed E-state index contributed by atoms with van der Waals surface area (Å²) >= 11 is 1.80. The van der Waals surface area contributed by atoms with Crippen molar-refractivity contribution in [3.05, 3.63) is 0 Å². The molecule has 1 aliphatic rings. The molecule has 0 N–H and O–H groups in total. The molecule has 0 saturated carbocycles. The summed E-state index contributed by atoms with van der Waals surface area (Å²) in [5.41, 5.74) is 0. The third kappa shape index (κ3) is 1.41. The van der Waals surface area contributed by atoms with Gasteiger partial charge in [-0.15, -0.1) is 11.8 Å². The van der Waals surface area contributed by atoms with E-state index in [1.165, 1.54) is 18.6 Å². The molecule has 1 atom stereocenters. The maximum Gasteiger partial charge on any atom is 0.0916 e. The fourth-order valence-electron chi connectivity index (χ4n) is 0.843. The van der Waals surface area contributed by atoms with E-state index < -0.39 is 0 Å². The molecule has 0 bridgehead atoms. The Morgan fingerprint density at radius 1 is 1.50 bits per heavy atom. The molecule has 0 aromatic rings. The molecule has 0 aliphatic carbocycles. The van der Waals surface area contributed by atoms with Crippen molar-refractivity contribution in [2.24, 2.45) is 0 Å². The summed E-state index contributed by atoms with van der Waals surface area (Å²) < 4.78 is 0. The summed E-state index contributed by atoms with van der Waals surface area (Å²) in [6.07, 6.45) is 3.68. The van der Waals surface area contributed by atoms with Crippen LogP contribution < -0.4 is 0 Å². The van der Waals surface area contributed by atoms with Gasteiger partial charge in [0.25, 0.3) is 0 Å².